The van der Waals surface area contributed by atoms with Crippen molar-refractivity contribution in [3.8, 4) is 6.07 Å². The Hall–Kier alpha value is -4.00. The second-order valence-electron chi connectivity index (χ2n) is 15.6. The molecule has 2 N–H and O–H groups in total. The predicted molar refractivity (Wildman–Crippen MR) is 209 cm³/mol. The van der Waals surface area contributed by atoms with Gasteiger partial charge in [0.2, 0.25) is 17.7 Å². The van der Waals surface area contributed by atoms with Crippen molar-refractivity contribution in [3.05, 3.63) is 58.6 Å². The molecule has 55 heavy (non-hydrogen) atoms. The van der Waals surface area contributed by atoms with Crippen LogP contribution in [0, 0.1) is 11.3 Å². The zero-order chi connectivity index (χ0) is 39.4. The molecule has 3 aliphatic heterocycles. The van der Waals surface area contributed by atoms with Crippen LogP contribution < -0.4 is 10.6 Å². The zero-order valence-corrected chi connectivity index (χ0v) is 33.5. The number of ether oxygens (including phenoxy) is 1. The SMILES string of the molecule is C[C@@H]1CN(CCCOC2CCC(N3C(=O)N(Sc4ccc(C#N)c(Cl)c4)C(=O)C3(C)C)CC2)C[C@H](C)N1CC(=O)Nc1ccc(C2CCC(=O)NC2=O)cc1. The molecular formula is C40H50ClN7O6S. The summed E-state index contributed by atoms with van der Waals surface area (Å²) in [4.78, 5) is 70.7. The molecular weight excluding hydrogens is 742 g/mol. The van der Waals surface area contributed by atoms with Gasteiger partial charge in [-0.2, -0.15) is 9.57 Å². The van der Waals surface area contributed by atoms with Gasteiger partial charge in [0.05, 0.1) is 29.2 Å². The van der Waals surface area contributed by atoms with E-state index in [1.54, 1.807) is 49.1 Å². The van der Waals surface area contributed by atoms with Gasteiger partial charge in [-0.1, -0.05) is 23.7 Å². The summed E-state index contributed by atoms with van der Waals surface area (Å²) in [7, 11) is 0. The quantitative estimate of drug-likeness (QED) is 0.121. The Kier molecular flexibility index (Phi) is 12.9. The third kappa shape index (κ3) is 9.35. The van der Waals surface area contributed by atoms with Crippen molar-refractivity contribution >= 4 is 58.9 Å². The first-order valence-electron chi connectivity index (χ1n) is 19.1. The number of urea groups is 1. The molecule has 294 valence electrons. The number of halogens is 1. The van der Waals surface area contributed by atoms with Crippen LogP contribution in [0.3, 0.4) is 0 Å². The van der Waals surface area contributed by atoms with E-state index < -0.39 is 5.54 Å². The Morgan fingerprint density at radius 1 is 1.02 bits per heavy atom. The number of amides is 6. The number of imide groups is 2. The molecule has 4 aliphatic rings. The lowest BCUT2D eigenvalue weighted by Gasteiger charge is -2.44. The lowest BCUT2D eigenvalue weighted by Crippen LogP contribution is -2.58. The number of carbonyl (C=O) groups is 5. The van der Waals surface area contributed by atoms with Gasteiger partial charge in [0.1, 0.15) is 11.6 Å². The van der Waals surface area contributed by atoms with Crippen LogP contribution in [0.2, 0.25) is 5.02 Å². The van der Waals surface area contributed by atoms with Gasteiger partial charge >= 0.3 is 6.03 Å². The van der Waals surface area contributed by atoms with Gasteiger partial charge in [-0.3, -0.25) is 29.4 Å². The first kappa shape index (κ1) is 40.7. The molecule has 13 nitrogen and oxygen atoms in total. The van der Waals surface area contributed by atoms with Gasteiger partial charge in [-0.25, -0.2) is 4.79 Å². The summed E-state index contributed by atoms with van der Waals surface area (Å²) in [6, 6.07) is 14.2. The van der Waals surface area contributed by atoms with E-state index in [1.165, 1.54) is 4.31 Å². The summed E-state index contributed by atoms with van der Waals surface area (Å²) in [5.74, 6) is -1.23. The van der Waals surface area contributed by atoms with Crippen molar-refractivity contribution < 1.29 is 28.7 Å². The van der Waals surface area contributed by atoms with Gasteiger partial charge < -0.3 is 19.9 Å². The van der Waals surface area contributed by atoms with Crippen molar-refractivity contribution in [3.63, 3.8) is 0 Å². The highest BCUT2D eigenvalue weighted by molar-refractivity contribution is 7.98. The van der Waals surface area contributed by atoms with E-state index in [1.807, 2.05) is 18.2 Å². The summed E-state index contributed by atoms with van der Waals surface area (Å²) < 4.78 is 7.52. The predicted octanol–water partition coefficient (Wildman–Crippen LogP) is 5.53. The molecule has 0 bridgehead atoms. The minimum Gasteiger partial charge on any atom is -0.378 e. The minimum absolute atomic E-state index is 0.0617. The largest absolute Gasteiger partial charge is 0.378 e. The fourth-order valence-electron chi connectivity index (χ4n) is 8.36. The maximum absolute atomic E-state index is 13.6. The van der Waals surface area contributed by atoms with Crippen molar-refractivity contribution in [2.24, 2.45) is 0 Å². The number of benzene rings is 2. The molecule has 1 aliphatic carbocycles. The maximum Gasteiger partial charge on any atom is 0.338 e. The Balaban J connectivity index is 0.893. The highest BCUT2D eigenvalue weighted by Crippen LogP contribution is 2.41. The summed E-state index contributed by atoms with van der Waals surface area (Å²) in [6.45, 7) is 11.4. The summed E-state index contributed by atoms with van der Waals surface area (Å²) >= 11 is 7.23. The monoisotopic (exact) mass is 791 g/mol. The normalized spacial score (nSPS) is 26.2. The van der Waals surface area contributed by atoms with E-state index in [-0.39, 0.29) is 71.4 Å². The Morgan fingerprint density at radius 3 is 2.35 bits per heavy atom. The lowest BCUT2D eigenvalue weighted by atomic mass is 9.89. The number of nitriles is 1. The second kappa shape index (κ2) is 17.4. The van der Waals surface area contributed by atoms with Crippen LogP contribution in [0.25, 0.3) is 0 Å². The van der Waals surface area contributed by atoms with Gasteiger partial charge in [-0.05, 0) is 114 Å². The molecule has 1 unspecified atom stereocenters. The number of piperazine rings is 1. The van der Waals surface area contributed by atoms with Gasteiger partial charge in [0, 0.05) is 61.4 Å². The summed E-state index contributed by atoms with van der Waals surface area (Å²) in [5, 5.41) is 14.8. The summed E-state index contributed by atoms with van der Waals surface area (Å²) in [5.41, 5.74) is 0.858. The van der Waals surface area contributed by atoms with Crippen LogP contribution >= 0.6 is 23.5 Å². The number of nitrogens with one attached hydrogen (secondary N) is 2. The molecule has 3 heterocycles. The molecule has 15 heteroatoms. The lowest BCUT2D eigenvalue weighted by molar-refractivity contribution is -0.134. The first-order valence-corrected chi connectivity index (χ1v) is 20.3. The molecule has 1 saturated carbocycles. The number of carbonyl (C=O) groups excluding carboxylic acids is 5. The highest BCUT2D eigenvalue weighted by Gasteiger charge is 2.54. The third-order valence-corrected chi connectivity index (χ3v) is 12.6. The average Bonchev–Trinajstić information content (AvgIpc) is 3.31. The Bertz CT molecular complexity index is 1820. The molecule has 6 amide bonds. The molecule has 2 aromatic carbocycles. The Labute approximate surface area is 332 Å². The molecule has 3 saturated heterocycles. The molecule has 2 aromatic rings. The van der Waals surface area contributed by atoms with E-state index in [2.05, 4.69) is 34.3 Å². The fourth-order valence-corrected chi connectivity index (χ4v) is 9.63. The molecule has 0 radical (unpaired) electrons. The summed E-state index contributed by atoms with van der Waals surface area (Å²) in [6.07, 6.45) is 4.96. The number of hydrogen-bond donors (Lipinski definition) is 2. The molecule has 3 atom stereocenters. The first-order chi connectivity index (χ1) is 26.2. The number of anilines is 1. The van der Waals surface area contributed by atoms with E-state index in [9.17, 15) is 29.2 Å². The molecule has 0 spiro atoms. The van der Waals surface area contributed by atoms with Crippen molar-refractivity contribution in [2.75, 3.05) is 38.1 Å². The number of hydrogen-bond acceptors (Lipinski definition) is 10. The van der Waals surface area contributed by atoms with E-state index >= 15 is 0 Å². The standard InChI is InChI=1S/C40H50ClN7O6S/c1-25-22-45(23-26(2)46(25)24-36(50)43-29-9-6-27(7-10-29)33-16-17-35(49)44-37(33)51)18-5-19-54-31-13-11-30(12-14-31)47-39(53)48(38(52)40(47,3)4)55-32-15-8-28(21-42)34(41)20-32/h6-10,15,20,25-26,30-31,33H,5,11-14,16-19,22-24H2,1-4H3,(H,43,50)(H,44,49,51)/t25-,26+,30?,31?,33?. The maximum atomic E-state index is 13.6. The highest BCUT2D eigenvalue weighted by atomic mass is 35.5. The fraction of sp³-hybridized carbons (Fsp3) is 0.550. The van der Waals surface area contributed by atoms with Crippen molar-refractivity contribution in [1.29, 1.82) is 5.26 Å². The second-order valence-corrected chi connectivity index (χ2v) is 17.0. The molecule has 6 rings (SSSR count). The average molecular weight is 792 g/mol. The smallest absolute Gasteiger partial charge is 0.338 e. The minimum atomic E-state index is -0.978. The van der Waals surface area contributed by atoms with Crippen LogP contribution in [-0.4, -0.2) is 111 Å². The molecule has 4 fully saturated rings. The topological polar surface area (TPSA) is 155 Å². The van der Waals surface area contributed by atoms with E-state index in [4.69, 9.17) is 16.3 Å². The zero-order valence-electron chi connectivity index (χ0n) is 31.9. The van der Waals surface area contributed by atoms with Crippen LogP contribution in [0.4, 0.5) is 10.5 Å². The van der Waals surface area contributed by atoms with Gasteiger partial charge in [0.15, 0.2) is 0 Å². The van der Waals surface area contributed by atoms with Crippen LogP contribution in [-0.2, 0) is 23.9 Å². The van der Waals surface area contributed by atoms with Crippen LogP contribution in [0.15, 0.2) is 47.4 Å². The Morgan fingerprint density at radius 2 is 1.71 bits per heavy atom. The number of piperidine rings is 1. The van der Waals surface area contributed by atoms with Gasteiger partial charge in [-0.15, -0.1) is 0 Å². The van der Waals surface area contributed by atoms with Crippen molar-refractivity contribution in [2.45, 2.75) is 113 Å². The van der Waals surface area contributed by atoms with Gasteiger partial charge in [0.25, 0.3) is 5.91 Å². The van der Waals surface area contributed by atoms with Crippen LogP contribution in [0.5, 0.6) is 0 Å². The number of nitrogens with zero attached hydrogens (tertiary/aromatic N) is 5. The third-order valence-electron chi connectivity index (χ3n) is 11.3. The van der Waals surface area contributed by atoms with E-state index in [0.717, 1.165) is 69.2 Å². The molecule has 0 aromatic heterocycles. The van der Waals surface area contributed by atoms with E-state index in [0.29, 0.717) is 35.6 Å². The van der Waals surface area contributed by atoms with Crippen molar-refractivity contribution in [1.82, 2.24) is 24.3 Å². The number of rotatable bonds is 12. The van der Waals surface area contributed by atoms with Crippen LogP contribution in [0.1, 0.15) is 89.7 Å².